The molecule has 0 unspecified atom stereocenters. The summed E-state index contributed by atoms with van der Waals surface area (Å²) in [6, 6.07) is 13.0. The van der Waals surface area contributed by atoms with Gasteiger partial charge in [-0.15, -0.1) is 24.0 Å². The van der Waals surface area contributed by atoms with Crippen molar-refractivity contribution in [3.05, 3.63) is 59.2 Å². The van der Waals surface area contributed by atoms with E-state index in [-0.39, 0.29) is 35.0 Å². The molecule has 2 N–H and O–H groups in total. The molecule has 0 radical (unpaired) electrons. The van der Waals surface area contributed by atoms with Crippen molar-refractivity contribution in [3.63, 3.8) is 0 Å². The highest BCUT2D eigenvalue weighted by atomic mass is 127. The first-order valence-corrected chi connectivity index (χ1v) is 11.3. The van der Waals surface area contributed by atoms with Crippen molar-refractivity contribution in [2.75, 3.05) is 21.1 Å². The van der Waals surface area contributed by atoms with Crippen molar-refractivity contribution < 1.29 is 13.2 Å². The van der Waals surface area contributed by atoms with Gasteiger partial charge in [0.15, 0.2) is 5.96 Å². The lowest BCUT2D eigenvalue weighted by Crippen LogP contribution is -2.36. The molecule has 0 bridgehead atoms. The molecule has 0 aliphatic heterocycles. The fourth-order valence-corrected chi connectivity index (χ4v) is 3.65. The maximum atomic E-state index is 12.2. The minimum Gasteiger partial charge on any atom is -0.491 e. The first-order valence-electron chi connectivity index (χ1n) is 9.85. The number of benzene rings is 2. The fraction of sp³-hybridized carbons (Fsp3) is 0.409. The molecule has 31 heavy (non-hydrogen) atoms. The molecule has 0 atom stereocenters. The fourth-order valence-electron chi connectivity index (χ4n) is 2.75. The summed E-state index contributed by atoms with van der Waals surface area (Å²) >= 11 is 0. The van der Waals surface area contributed by atoms with Crippen LogP contribution in [0.15, 0.2) is 52.4 Å². The average Bonchev–Trinajstić information content (AvgIpc) is 2.69. The van der Waals surface area contributed by atoms with Gasteiger partial charge in [0, 0.05) is 39.8 Å². The molecule has 0 aliphatic carbocycles. The Morgan fingerprint density at radius 3 is 2.23 bits per heavy atom. The summed E-state index contributed by atoms with van der Waals surface area (Å²) in [7, 11) is 1.33. The van der Waals surface area contributed by atoms with Gasteiger partial charge in [0.1, 0.15) is 5.75 Å². The third-order valence-electron chi connectivity index (χ3n) is 4.42. The molecule has 2 rings (SSSR count). The molecule has 0 amide bonds. The van der Waals surface area contributed by atoms with E-state index in [4.69, 9.17) is 4.74 Å². The van der Waals surface area contributed by atoms with Crippen LogP contribution in [0, 0.1) is 6.92 Å². The van der Waals surface area contributed by atoms with Crippen molar-refractivity contribution in [3.8, 4) is 5.75 Å². The van der Waals surface area contributed by atoms with Crippen LogP contribution in [-0.2, 0) is 23.1 Å². The number of rotatable bonds is 8. The van der Waals surface area contributed by atoms with Crippen LogP contribution >= 0.6 is 24.0 Å². The molecule has 0 aliphatic rings. The summed E-state index contributed by atoms with van der Waals surface area (Å²) in [4.78, 5) is 4.53. The van der Waals surface area contributed by atoms with E-state index in [0.29, 0.717) is 19.0 Å². The minimum atomic E-state index is -3.42. The highest BCUT2D eigenvalue weighted by Crippen LogP contribution is 2.21. The molecule has 0 saturated heterocycles. The van der Waals surface area contributed by atoms with Gasteiger partial charge in [-0.1, -0.05) is 24.3 Å². The number of hydrogen-bond acceptors (Lipinski definition) is 4. The Morgan fingerprint density at radius 2 is 1.68 bits per heavy atom. The van der Waals surface area contributed by atoms with Crippen molar-refractivity contribution in [2.24, 2.45) is 4.99 Å². The first kappa shape index (κ1) is 27.2. The second-order valence-electron chi connectivity index (χ2n) is 7.49. The van der Waals surface area contributed by atoms with Gasteiger partial charge in [0.05, 0.1) is 11.0 Å². The van der Waals surface area contributed by atoms with E-state index in [9.17, 15) is 8.42 Å². The molecule has 172 valence electrons. The van der Waals surface area contributed by atoms with E-state index < -0.39 is 10.0 Å². The van der Waals surface area contributed by atoms with Gasteiger partial charge >= 0.3 is 0 Å². The van der Waals surface area contributed by atoms with Gasteiger partial charge < -0.3 is 15.4 Å². The van der Waals surface area contributed by atoms with Crippen molar-refractivity contribution in [1.82, 2.24) is 14.9 Å². The zero-order valence-corrected chi connectivity index (χ0v) is 22.1. The Hall–Kier alpha value is -1.85. The van der Waals surface area contributed by atoms with Crippen LogP contribution in [0.2, 0.25) is 0 Å². The van der Waals surface area contributed by atoms with E-state index >= 15 is 0 Å². The molecule has 0 saturated carbocycles. The number of aliphatic imine (C=N–C) groups is 1. The third-order valence-corrected chi connectivity index (χ3v) is 6.25. The molecule has 2 aromatic carbocycles. The van der Waals surface area contributed by atoms with E-state index in [2.05, 4.69) is 27.8 Å². The second kappa shape index (κ2) is 12.3. The molecule has 0 aromatic heterocycles. The number of halogens is 1. The number of hydrogen-bond donors (Lipinski definition) is 2. The number of nitrogens with zero attached hydrogens (tertiary/aromatic N) is 2. The van der Waals surface area contributed by atoms with Gasteiger partial charge in [0.25, 0.3) is 0 Å². The molecule has 0 fully saturated rings. The first-order chi connectivity index (χ1) is 14.1. The minimum absolute atomic E-state index is 0. The summed E-state index contributed by atoms with van der Waals surface area (Å²) in [6.45, 7) is 7.15. The smallest absolute Gasteiger partial charge is 0.242 e. The standard InChI is InChI=1S/C22H32N4O3S.HI/c1-16(2)29-21-13-17(3)7-10-19(21)15-25-22(23-4)24-14-18-8-11-20(12-9-18)30(27,28)26(5)6;/h7-13,16H,14-15H2,1-6H3,(H2,23,24,25);1H. The lowest BCUT2D eigenvalue weighted by Gasteiger charge is -2.17. The molecular weight excluding hydrogens is 527 g/mol. The number of sulfonamides is 1. The Kier molecular flexibility index (Phi) is 10.7. The average molecular weight is 561 g/mol. The van der Waals surface area contributed by atoms with Gasteiger partial charge in [0.2, 0.25) is 10.0 Å². The highest BCUT2D eigenvalue weighted by Gasteiger charge is 2.16. The van der Waals surface area contributed by atoms with Gasteiger partial charge in [-0.05, 0) is 50.1 Å². The van der Waals surface area contributed by atoms with Crippen LogP contribution in [0.4, 0.5) is 0 Å². The van der Waals surface area contributed by atoms with Gasteiger partial charge in [-0.2, -0.15) is 0 Å². The zero-order chi connectivity index (χ0) is 22.3. The van der Waals surface area contributed by atoms with Crippen molar-refractivity contribution in [2.45, 2.75) is 44.9 Å². The van der Waals surface area contributed by atoms with Gasteiger partial charge in [-0.25, -0.2) is 12.7 Å². The predicted octanol–water partition coefficient (Wildman–Crippen LogP) is 3.52. The van der Waals surface area contributed by atoms with Crippen LogP contribution in [0.1, 0.15) is 30.5 Å². The molecular formula is C22H33IN4O3S. The summed E-state index contributed by atoms with van der Waals surface area (Å²) in [6.07, 6.45) is 0.0993. The van der Waals surface area contributed by atoms with Crippen molar-refractivity contribution in [1.29, 1.82) is 0 Å². The largest absolute Gasteiger partial charge is 0.491 e. The van der Waals surface area contributed by atoms with Crippen LogP contribution in [0.3, 0.4) is 0 Å². The normalized spacial score (nSPS) is 11.9. The Morgan fingerprint density at radius 1 is 1.06 bits per heavy atom. The molecule has 0 heterocycles. The maximum Gasteiger partial charge on any atom is 0.242 e. The number of nitrogens with one attached hydrogen (secondary N) is 2. The zero-order valence-electron chi connectivity index (χ0n) is 19.0. The highest BCUT2D eigenvalue weighted by molar-refractivity contribution is 14.0. The molecule has 9 heteroatoms. The van der Waals surface area contributed by atoms with E-state index in [1.165, 1.54) is 18.4 Å². The van der Waals surface area contributed by atoms with E-state index in [1.54, 1.807) is 31.3 Å². The molecule has 7 nitrogen and oxygen atoms in total. The van der Waals surface area contributed by atoms with E-state index in [1.807, 2.05) is 26.8 Å². The predicted molar refractivity (Wildman–Crippen MR) is 137 cm³/mol. The van der Waals surface area contributed by atoms with Crippen LogP contribution in [0.25, 0.3) is 0 Å². The number of guanidine groups is 1. The summed E-state index contributed by atoms with van der Waals surface area (Å²) in [5, 5.41) is 6.54. The third kappa shape index (κ3) is 7.97. The second-order valence-corrected chi connectivity index (χ2v) is 9.64. The topological polar surface area (TPSA) is 83.0 Å². The molecule has 2 aromatic rings. The lowest BCUT2D eigenvalue weighted by atomic mass is 10.1. The molecule has 0 spiro atoms. The Balaban J connectivity index is 0.00000480. The van der Waals surface area contributed by atoms with E-state index in [0.717, 1.165) is 22.4 Å². The number of ether oxygens (including phenoxy) is 1. The number of aryl methyl sites for hydroxylation is 1. The van der Waals surface area contributed by atoms with Gasteiger partial charge in [-0.3, -0.25) is 4.99 Å². The summed E-state index contributed by atoms with van der Waals surface area (Å²) in [5.41, 5.74) is 3.15. The Bertz CT molecular complexity index is 975. The van der Waals surface area contributed by atoms with Crippen LogP contribution < -0.4 is 15.4 Å². The van der Waals surface area contributed by atoms with Crippen molar-refractivity contribution >= 4 is 40.0 Å². The quantitative estimate of drug-likeness (QED) is 0.294. The van der Waals surface area contributed by atoms with Crippen LogP contribution in [0.5, 0.6) is 5.75 Å². The summed E-state index contributed by atoms with van der Waals surface area (Å²) in [5.74, 6) is 1.52. The monoisotopic (exact) mass is 560 g/mol. The lowest BCUT2D eigenvalue weighted by molar-refractivity contribution is 0.239. The van der Waals surface area contributed by atoms with Crippen LogP contribution in [-0.4, -0.2) is 45.9 Å². The SMILES string of the molecule is CN=C(NCc1ccc(S(=O)(=O)N(C)C)cc1)NCc1ccc(C)cc1OC(C)C.I. The summed E-state index contributed by atoms with van der Waals surface area (Å²) < 4.78 is 31.5. The Labute approximate surface area is 203 Å². The maximum absolute atomic E-state index is 12.2.